The van der Waals surface area contributed by atoms with E-state index in [0.717, 1.165) is 17.7 Å². The van der Waals surface area contributed by atoms with E-state index in [0.29, 0.717) is 0 Å². The highest BCUT2D eigenvalue weighted by Gasteiger charge is 2.04. The monoisotopic (exact) mass is 255 g/mol. The maximum Gasteiger partial charge on any atom is 0.337 e. The molecule has 0 aliphatic carbocycles. The minimum absolute atomic E-state index is 0.211. The van der Waals surface area contributed by atoms with Crippen LogP contribution in [0, 0.1) is 0 Å². The van der Waals surface area contributed by atoms with Crippen molar-refractivity contribution < 1.29 is 9.90 Å². The maximum absolute atomic E-state index is 10.8. The number of hydrogen-bond donors (Lipinski definition) is 1. The molecule has 0 saturated heterocycles. The molecule has 19 heavy (non-hydrogen) atoms. The Bertz CT molecular complexity index is 544. The van der Waals surface area contributed by atoms with Crippen molar-refractivity contribution in [3.8, 4) is 11.3 Å². The van der Waals surface area contributed by atoms with Crippen LogP contribution in [0.2, 0.25) is 0 Å². The first-order chi connectivity index (χ1) is 9.20. The fourth-order valence-electron chi connectivity index (χ4n) is 1.91. The summed E-state index contributed by atoms with van der Waals surface area (Å²) in [5.41, 5.74) is 3.35. The number of aromatic nitrogens is 1. The number of carboxylic acids is 1. The van der Waals surface area contributed by atoms with Crippen molar-refractivity contribution in [1.29, 1.82) is 0 Å². The molecule has 0 saturated carbocycles. The molecule has 0 spiro atoms. The third-order valence-electron chi connectivity index (χ3n) is 3.08. The Hall–Kier alpha value is -2.16. The average Bonchev–Trinajstić information content (AvgIpc) is 2.46. The number of carboxylic acid groups (broad SMARTS) is 1. The predicted octanol–water partition coefficient (Wildman–Crippen LogP) is 3.79. The van der Waals surface area contributed by atoms with Gasteiger partial charge in [0.05, 0.1) is 11.3 Å². The van der Waals surface area contributed by atoms with Crippen molar-refractivity contribution >= 4 is 5.97 Å². The average molecular weight is 255 g/mol. The number of carbonyl (C=O) groups is 1. The first-order valence-electron chi connectivity index (χ1n) is 6.49. The highest BCUT2D eigenvalue weighted by Crippen LogP contribution is 2.18. The van der Waals surface area contributed by atoms with E-state index in [1.165, 1.54) is 24.6 Å². The minimum Gasteiger partial charge on any atom is -0.478 e. The lowest BCUT2D eigenvalue weighted by atomic mass is 10.0. The number of aromatic carboxylic acids is 1. The third kappa shape index (κ3) is 3.41. The van der Waals surface area contributed by atoms with Gasteiger partial charge in [0.15, 0.2) is 0 Å². The van der Waals surface area contributed by atoms with Gasteiger partial charge in [-0.15, -0.1) is 0 Å². The molecule has 0 radical (unpaired) electrons. The fourth-order valence-corrected chi connectivity index (χ4v) is 1.91. The van der Waals surface area contributed by atoms with Crippen molar-refractivity contribution in [2.75, 3.05) is 0 Å². The van der Waals surface area contributed by atoms with Crippen molar-refractivity contribution in [3.63, 3.8) is 0 Å². The van der Waals surface area contributed by atoms with Crippen LogP contribution in [0.5, 0.6) is 0 Å². The Kier molecular flexibility index (Phi) is 4.29. The van der Waals surface area contributed by atoms with Crippen LogP contribution in [0.15, 0.2) is 42.6 Å². The van der Waals surface area contributed by atoms with E-state index in [9.17, 15) is 4.79 Å². The number of pyridine rings is 1. The summed E-state index contributed by atoms with van der Waals surface area (Å²) in [6, 6.07) is 11.6. The summed E-state index contributed by atoms with van der Waals surface area (Å²) in [7, 11) is 0. The number of rotatable bonds is 5. The third-order valence-corrected chi connectivity index (χ3v) is 3.08. The molecule has 1 N–H and O–H groups in total. The Morgan fingerprint density at radius 1 is 1.16 bits per heavy atom. The van der Waals surface area contributed by atoms with Gasteiger partial charge in [-0.25, -0.2) is 4.79 Å². The quantitative estimate of drug-likeness (QED) is 0.884. The summed E-state index contributed by atoms with van der Waals surface area (Å²) < 4.78 is 0. The largest absolute Gasteiger partial charge is 0.478 e. The van der Waals surface area contributed by atoms with Crippen molar-refractivity contribution in [1.82, 2.24) is 4.98 Å². The molecule has 0 aliphatic heterocycles. The molecule has 0 aliphatic rings. The van der Waals surface area contributed by atoms with Crippen LogP contribution in [0.3, 0.4) is 0 Å². The first-order valence-corrected chi connectivity index (χ1v) is 6.49. The van der Waals surface area contributed by atoms with Crippen molar-refractivity contribution in [3.05, 3.63) is 53.7 Å². The second-order valence-electron chi connectivity index (χ2n) is 4.54. The van der Waals surface area contributed by atoms with Crippen LogP contribution in [-0.2, 0) is 6.42 Å². The lowest BCUT2D eigenvalue weighted by Gasteiger charge is -2.04. The van der Waals surface area contributed by atoms with Gasteiger partial charge in [0.25, 0.3) is 0 Å². The number of aryl methyl sites for hydroxylation is 1. The van der Waals surface area contributed by atoms with Gasteiger partial charge in [-0.3, -0.25) is 4.98 Å². The van der Waals surface area contributed by atoms with Crippen LogP contribution in [-0.4, -0.2) is 16.1 Å². The SMILES string of the molecule is CCCCc1ccc(-c2ccc(C(=O)O)cn2)cc1. The van der Waals surface area contributed by atoms with E-state index in [-0.39, 0.29) is 5.56 Å². The molecule has 1 aromatic carbocycles. The predicted molar refractivity (Wildman–Crippen MR) is 75.2 cm³/mol. The normalized spacial score (nSPS) is 10.4. The molecule has 0 bridgehead atoms. The highest BCUT2D eigenvalue weighted by atomic mass is 16.4. The summed E-state index contributed by atoms with van der Waals surface area (Å²) in [6.07, 6.45) is 4.88. The van der Waals surface area contributed by atoms with Gasteiger partial charge in [0, 0.05) is 11.8 Å². The zero-order chi connectivity index (χ0) is 13.7. The van der Waals surface area contributed by atoms with Gasteiger partial charge in [0.2, 0.25) is 0 Å². The number of benzene rings is 1. The molecular weight excluding hydrogens is 238 g/mol. The number of hydrogen-bond acceptors (Lipinski definition) is 2. The van der Waals surface area contributed by atoms with E-state index in [1.54, 1.807) is 12.1 Å². The lowest BCUT2D eigenvalue weighted by molar-refractivity contribution is 0.0696. The van der Waals surface area contributed by atoms with Gasteiger partial charge in [0.1, 0.15) is 0 Å². The Labute approximate surface area is 112 Å². The summed E-state index contributed by atoms with van der Waals surface area (Å²) in [4.78, 5) is 14.9. The molecule has 1 aromatic heterocycles. The smallest absolute Gasteiger partial charge is 0.337 e. The molecule has 2 aromatic rings. The summed E-state index contributed by atoms with van der Waals surface area (Å²) >= 11 is 0. The summed E-state index contributed by atoms with van der Waals surface area (Å²) in [5, 5.41) is 8.83. The van der Waals surface area contributed by atoms with E-state index >= 15 is 0 Å². The first kappa shape index (κ1) is 13.3. The molecule has 3 heteroatoms. The zero-order valence-electron chi connectivity index (χ0n) is 11.0. The van der Waals surface area contributed by atoms with Crippen LogP contribution in [0.25, 0.3) is 11.3 Å². The molecule has 3 nitrogen and oxygen atoms in total. The van der Waals surface area contributed by atoms with Gasteiger partial charge in [-0.2, -0.15) is 0 Å². The van der Waals surface area contributed by atoms with Gasteiger partial charge in [-0.05, 0) is 30.5 Å². The number of nitrogens with zero attached hydrogens (tertiary/aromatic N) is 1. The standard InChI is InChI=1S/C16H17NO2/c1-2-3-4-12-5-7-13(8-6-12)15-10-9-14(11-17-15)16(18)19/h5-11H,2-4H2,1H3,(H,18,19). The van der Waals surface area contributed by atoms with Crippen LogP contribution < -0.4 is 0 Å². The van der Waals surface area contributed by atoms with Gasteiger partial charge < -0.3 is 5.11 Å². The lowest BCUT2D eigenvalue weighted by Crippen LogP contribution is -1.97. The van der Waals surface area contributed by atoms with Crippen molar-refractivity contribution in [2.45, 2.75) is 26.2 Å². The molecule has 98 valence electrons. The molecule has 0 unspecified atom stereocenters. The zero-order valence-corrected chi connectivity index (χ0v) is 11.0. The van der Waals surface area contributed by atoms with Gasteiger partial charge >= 0.3 is 5.97 Å². The van der Waals surface area contributed by atoms with E-state index in [1.807, 2.05) is 12.1 Å². The summed E-state index contributed by atoms with van der Waals surface area (Å²) in [5.74, 6) is -0.950. The molecule has 1 heterocycles. The van der Waals surface area contributed by atoms with E-state index < -0.39 is 5.97 Å². The van der Waals surface area contributed by atoms with Crippen LogP contribution in [0.4, 0.5) is 0 Å². The summed E-state index contributed by atoms with van der Waals surface area (Å²) in [6.45, 7) is 2.18. The molecular formula is C16H17NO2. The highest BCUT2D eigenvalue weighted by molar-refractivity contribution is 5.87. The molecule has 0 fully saturated rings. The van der Waals surface area contributed by atoms with Crippen LogP contribution in [0.1, 0.15) is 35.7 Å². The second kappa shape index (κ2) is 6.14. The second-order valence-corrected chi connectivity index (χ2v) is 4.54. The van der Waals surface area contributed by atoms with E-state index in [4.69, 9.17) is 5.11 Å². The molecule has 0 atom stereocenters. The molecule has 2 rings (SSSR count). The van der Waals surface area contributed by atoms with E-state index in [2.05, 4.69) is 24.0 Å². The maximum atomic E-state index is 10.8. The van der Waals surface area contributed by atoms with Gasteiger partial charge in [-0.1, -0.05) is 37.6 Å². The topological polar surface area (TPSA) is 50.2 Å². The fraction of sp³-hybridized carbons (Fsp3) is 0.250. The van der Waals surface area contributed by atoms with Crippen LogP contribution >= 0.6 is 0 Å². The number of unbranched alkanes of at least 4 members (excludes halogenated alkanes) is 1. The Morgan fingerprint density at radius 2 is 1.89 bits per heavy atom. The minimum atomic E-state index is -0.950. The van der Waals surface area contributed by atoms with Crippen molar-refractivity contribution in [2.24, 2.45) is 0 Å². The Balaban J connectivity index is 2.15. The Morgan fingerprint density at radius 3 is 2.42 bits per heavy atom. The molecule has 0 amide bonds.